The van der Waals surface area contributed by atoms with Gasteiger partial charge in [-0.05, 0) is 31.8 Å². The number of nitriles is 1. The van der Waals surface area contributed by atoms with Gasteiger partial charge >= 0.3 is 0 Å². The van der Waals surface area contributed by atoms with E-state index < -0.39 is 0 Å². The Morgan fingerprint density at radius 1 is 1.50 bits per heavy atom. The summed E-state index contributed by atoms with van der Waals surface area (Å²) in [7, 11) is 0. The molecule has 10 heavy (non-hydrogen) atoms. The van der Waals surface area contributed by atoms with Crippen molar-refractivity contribution in [2.24, 2.45) is 5.92 Å². The number of halogens is 1. The zero-order valence-corrected chi connectivity index (χ0v) is 6.78. The van der Waals surface area contributed by atoms with Crippen LogP contribution in [0.15, 0.2) is 0 Å². The largest absolute Gasteiger partial charge is 0.316 e. The highest BCUT2D eigenvalue weighted by molar-refractivity contribution is 5.85. The van der Waals surface area contributed by atoms with Gasteiger partial charge in [0.2, 0.25) is 0 Å². The van der Waals surface area contributed by atoms with Crippen LogP contribution in [-0.4, -0.2) is 13.1 Å². The lowest BCUT2D eigenvalue weighted by Crippen LogP contribution is -2.41. The Kier molecular flexibility index (Phi) is 5.38. The second-order valence-electron chi connectivity index (χ2n) is 2.57. The number of nitrogens with one attached hydrogen (secondary N) is 1. The molecule has 0 bridgehead atoms. The minimum absolute atomic E-state index is 0. The van der Waals surface area contributed by atoms with Gasteiger partial charge in [-0.15, -0.1) is 12.4 Å². The third kappa shape index (κ3) is 3.05. The third-order valence-corrected chi connectivity index (χ3v) is 1.77. The average molecular weight is 161 g/mol. The molecule has 0 atom stereocenters. The maximum Gasteiger partial charge on any atom is 0.0621 e. The Morgan fingerprint density at radius 3 is 2.60 bits per heavy atom. The van der Waals surface area contributed by atoms with E-state index in [-0.39, 0.29) is 12.4 Å². The van der Waals surface area contributed by atoms with Crippen molar-refractivity contribution in [3.63, 3.8) is 0 Å². The van der Waals surface area contributed by atoms with Gasteiger partial charge in [-0.2, -0.15) is 5.26 Å². The van der Waals surface area contributed by atoms with Crippen LogP contribution in [-0.2, 0) is 0 Å². The second kappa shape index (κ2) is 5.52. The van der Waals surface area contributed by atoms with E-state index in [4.69, 9.17) is 5.26 Å². The lowest BCUT2D eigenvalue weighted by Gasteiger charge is -2.26. The number of rotatable bonds is 3. The monoisotopic (exact) mass is 160 g/mol. The summed E-state index contributed by atoms with van der Waals surface area (Å²) in [6.07, 6.45) is 3.06. The molecule has 0 spiro atoms. The fraction of sp³-hybridized carbons (Fsp3) is 0.857. The first-order valence-electron chi connectivity index (χ1n) is 3.51. The van der Waals surface area contributed by atoms with Gasteiger partial charge in [-0.1, -0.05) is 0 Å². The Balaban J connectivity index is 0.000000810. The minimum Gasteiger partial charge on any atom is -0.316 e. The van der Waals surface area contributed by atoms with E-state index in [1.807, 2.05) is 0 Å². The van der Waals surface area contributed by atoms with Crippen LogP contribution in [0.25, 0.3) is 0 Å². The Morgan fingerprint density at radius 2 is 2.20 bits per heavy atom. The molecule has 0 unspecified atom stereocenters. The van der Waals surface area contributed by atoms with Crippen molar-refractivity contribution in [1.29, 1.82) is 5.26 Å². The molecule has 1 heterocycles. The lowest BCUT2D eigenvalue weighted by atomic mass is 9.97. The average Bonchev–Trinajstić information content (AvgIpc) is 1.76. The lowest BCUT2D eigenvalue weighted by molar-refractivity contribution is 0.322. The number of hydrogen-bond donors (Lipinski definition) is 1. The SMILES string of the molecule is Cl.N#CCCCC1CNC1. The molecule has 3 heteroatoms. The summed E-state index contributed by atoms with van der Waals surface area (Å²) in [4.78, 5) is 0. The van der Waals surface area contributed by atoms with Crippen LogP contribution in [0, 0.1) is 17.2 Å². The van der Waals surface area contributed by atoms with Gasteiger partial charge in [0.25, 0.3) is 0 Å². The fourth-order valence-electron chi connectivity index (χ4n) is 1.02. The summed E-state index contributed by atoms with van der Waals surface area (Å²) in [6, 6.07) is 2.15. The molecule has 1 rings (SSSR count). The molecule has 1 aliphatic heterocycles. The van der Waals surface area contributed by atoms with E-state index in [1.165, 1.54) is 19.5 Å². The Labute approximate surface area is 68.0 Å². The fourth-order valence-corrected chi connectivity index (χ4v) is 1.02. The van der Waals surface area contributed by atoms with Crippen molar-refractivity contribution in [3.8, 4) is 6.07 Å². The Hall–Kier alpha value is -0.260. The molecule has 0 radical (unpaired) electrons. The van der Waals surface area contributed by atoms with Gasteiger partial charge in [0.15, 0.2) is 0 Å². The first-order chi connectivity index (χ1) is 4.43. The van der Waals surface area contributed by atoms with Crippen molar-refractivity contribution in [2.75, 3.05) is 13.1 Å². The predicted octanol–water partition coefficient (Wildman–Crippen LogP) is 1.32. The van der Waals surface area contributed by atoms with E-state index in [2.05, 4.69) is 11.4 Å². The third-order valence-electron chi connectivity index (χ3n) is 1.77. The summed E-state index contributed by atoms with van der Waals surface area (Å²) in [6.45, 7) is 2.34. The molecule has 0 aromatic rings. The maximum absolute atomic E-state index is 8.20. The van der Waals surface area contributed by atoms with Crippen molar-refractivity contribution in [3.05, 3.63) is 0 Å². The van der Waals surface area contributed by atoms with Gasteiger partial charge < -0.3 is 5.32 Å². The standard InChI is InChI=1S/C7H12N2.ClH/c8-4-2-1-3-7-5-9-6-7;/h7,9H,1-3,5-6H2;1H. The number of nitrogens with zero attached hydrogens (tertiary/aromatic N) is 1. The topological polar surface area (TPSA) is 35.8 Å². The number of unbranched alkanes of at least 4 members (excludes halogenated alkanes) is 1. The van der Waals surface area contributed by atoms with E-state index >= 15 is 0 Å². The van der Waals surface area contributed by atoms with Crippen molar-refractivity contribution < 1.29 is 0 Å². The first kappa shape index (κ1) is 9.74. The molecular weight excluding hydrogens is 148 g/mol. The molecule has 0 aromatic heterocycles. The zero-order chi connectivity index (χ0) is 6.53. The number of hydrogen-bond acceptors (Lipinski definition) is 2. The van der Waals surface area contributed by atoms with Gasteiger partial charge in [0.05, 0.1) is 6.07 Å². The maximum atomic E-state index is 8.20. The summed E-state index contributed by atoms with van der Waals surface area (Å²) >= 11 is 0. The molecule has 1 aliphatic rings. The molecule has 0 aromatic carbocycles. The Bertz CT molecular complexity index is 115. The molecule has 1 fully saturated rings. The van der Waals surface area contributed by atoms with Crippen LogP contribution >= 0.6 is 12.4 Å². The van der Waals surface area contributed by atoms with E-state index in [0.717, 1.165) is 18.8 Å². The van der Waals surface area contributed by atoms with E-state index in [0.29, 0.717) is 0 Å². The summed E-state index contributed by atoms with van der Waals surface area (Å²) in [5, 5.41) is 11.4. The molecule has 1 saturated heterocycles. The van der Waals surface area contributed by atoms with Crippen LogP contribution in [0.3, 0.4) is 0 Å². The highest BCUT2D eigenvalue weighted by atomic mass is 35.5. The van der Waals surface area contributed by atoms with Crippen molar-refractivity contribution in [2.45, 2.75) is 19.3 Å². The van der Waals surface area contributed by atoms with Gasteiger partial charge in [-0.25, -0.2) is 0 Å². The van der Waals surface area contributed by atoms with Gasteiger partial charge in [0, 0.05) is 6.42 Å². The predicted molar refractivity (Wildman–Crippen MR) is 43.1 cm³/mol. The smallest absolute Gasteiger partial charge is 0.0621 e. The molecule has 58 valence electrons. The second-order valence-corrected chi connectivity index (χ2v) is 2.57. The molecule has 1 N–H and O–H groups in total. The molecule has 0 amide bonds. The zero-order valence-electron chi connectivity index (χ0n) is 5.97. The molecule has 0 saturated carbocycles. The minimum atomic E-state index is 0. The van der Waals surface area contributed by atoms with Gasteiger partial charge in [-0.3, -0.25) is 0 Å². The highest BCUT2D eigenvalue weighted by Crippen LogP contribution is 2.11. The van der Waals surface area contributed by atoms with Crippen LogP contribution < -0.4 is 5.32 Å². The van der Waals surface area contributed by atoms with Crippen LogP contribution in [0.1, 0.15) is 19.3 Å². The molecule has 2 nitrogen and oxygen atoms in total. The van der Waals surface area contributed by atoms with Gasteiger partial charge in [0.1, 0.15) is 0 Å². The molecular formula is C7H13ClN2. The summed E-state index contributed by atoms with van der Waals surface area (Å²) in [5.41, 5.74) is 0. The van der Waals surface area contributed by atoms with E-state index in [1.54, 1.807) is 0 Å². The van der Waals surface area contributed by atoms with Crippen LogP contribution in [0.4, 0.5) is 0 Å². The summed E-state index contributed by atoms with van der Waals surface area (Å²) < 4.78 is 0. The van der Waals surface area contributed by atoms with E-state index in [9.17, 15) is 0 Å². The van der Waals surface area contributed by atoms with Crippen LogP contribution in [0.5, 0.6) is 0 Å². The quantitative estimate of drug-likeness (QED) is 0.633. The normalized spacial score (nSPS) is 16.7. The van der Waals surface area contributed by atoms with Crippen molar-refractivity contribution in [1.82, 2.24) is 5.32 Å². The first-order valence-corrected chi connectivity index (χ1v) is 3.51. The van der Waals surface area contributed by atoms with Crippen LogP contribution in [0.2, 0.25) is 0 Å². The molecule has 0 aliphatic carbocycles. The summed E-state index contributed by atoms with van der Waals surface area (Å²) in [5.74, 6) is 0.873. The van der Waals surface area contributed by atoms with Crippen molar-refractivity contribution >= 4 is 12.4 Å². The highest BCUT2D eigenvalue weighted by Gasteiger charge is 2.14.